The van der Waals surface area contributed by atoms with Crippen LogP contribution in [0.2, 0.25) is 0 Å². The van der Waals surface area contributed by atoms with E-state index >= 15 is 0 Å². The molecule has 25 heavy (non-hydrogen) atoms. The van der Waals surface area contributed by atoms with Gasteiger partial charge in [0, 0.05) is 50.8 Å². The summed E-state index contributed by atoms with van der Waals surface area (Å²) in [4.78, 5) is 18.7. The zero-order valence-corrected chi connectivity index (χ0v) is 15.1. The normalized spacial score (nSPS) is 17.2. The molecule has 7 heteroatoms. The number of hydrogen-bond acceptors (Lipinski definition) is 4. The van der Waals surface area contributed by atoms with Gasteiger partial charge in [0.1, 0.15) is 0 Å². The number of anilines is 1. The fourth-order valence-electron chi connectivity index (χ4n) is 3.35. The molecule has 1 aliphatic heterocycles. The van der Waals surface area contributed by atoms with Crippen LogP contribution in [0.25, 0.3) is 0 Å². The minimum atomic E-state index is -0.156. The van der Waals surface area contributed by atoms with E-state index in [1.165, 1.54) is 5.56 Å². The molecule has 1 atom stereocenters. The highest BCUT2D eigenvalue weighted by Gasteiger charge is 2.24. The lowest BCUT2D eigenvalue weighted by molar-refractivity contribution is 0.154. The third-order valence-electron chi connectivity index (χ3n) is 4.86. The number of carbonyl (C=O) groups excluding carboxylic acids is 1. The van der Waals surface area contributed by atoms with Crippen molar-refractivity contribution in [1.82, 2.24) is 25.0 Å². The Balaban J connectivity index is 1.47. The molecule has 1 saturated heterocycles. The number of urea groups is 1. The molecule has 0 spiro atoms. The summed E-state index contributed by atoms with van der Waals surface area (Å²) in [6.45, 7) is 6.05. The molecule has 0 saturated carbocycles. The van der Waals surface area contributed by atoms with Crippen molar-refractivity contribution in [3.05, 3.63) is 42.0 Å². The van der Waals surface area contributed by atoms with E-state index in [9.17, 15) is 4.79 Å². The lowest BCUT2D eigenvalue weighted by Gasteiger charge is -2.36. The maximum Gasteiger partial charge on any atom is 0.319 e. The van der Waals surface area contributed by atoms with E-state index in [1.54, 1.807) is 4.68 Å². The highest BCUT2D eigenvalue weighted by molar-refractivity contribution is 5.89. The third kappa shape index (κ3) is 4.36. The van der Waals surface area contributed by atoms with Crippen molar-refractivity contribution < 1.29 is 4.79 Å². The molecular formula is C18H26N6O. The molecule has 0 aliphatic carbocycles. The number of piperidine rings is 1. The molecule has 1 fully saturated rings. The molecule has 2 N–H and O–H groups in total. The van der Waals surface area contributed by atoms with E-state index in [0.717, 1.165) is 37.3 Å². The van der Waals surface area contributed by atoms with E-state index < -0.39 is 0 Å². The Hall–Kier alpha value is -2.41. The van der Waals surface area contributed by atoms with Crippen LogP contribution < -0.4 is 10.6 Å². The molecule has 1 unspecified atom stereocenters. The maximum atomic E-state index is 12.2. The lowest BCUT2D eigenvalue weighted by Crippen LogP contribution is -2.46. The number of amides is 2. The number of nitrogens with zero attached hydrogens (tertiary/aromatic N) is 4. The van der Waals surface area contributed by atoms with Crippen molar-refractivity contribution in [3.8, 4) is 0 Å². The number of rotatable bonds is 4. The first kappa shape index (κ1) is 17.4. The van der Waals surface area contributed by atoms with Gasteiger partial charge < -0.3 is 10.6 Å². The van der Waals surface area contributed by atoms with Gasteiger partial charge in [-0.15, -0.1) is 0 Å². The summed E-state index contributed by atoms with van der Waals surface area (Å²) in [6, 6.07) is 4.56. The average molecular weight is 342 g/mol. The first-order chi connectivity index (χ1) is 12.0. The van der Waals surface area contributed by atoms with Crippen molar-refractivity contribution in [2.75, 3.05) is 18.4 Å². The fourth-order valence-corrected chi connectivity index (χ4v) is 3.35. The van der Waals surface area contributed by atoms with Crippen LogP contribution in [-0.2, 0) is 7.05 Å². The van der Waals surface area contributed by atoms with Crippen LogP contribution in [-0.4, -0.2) is 44.8 Å². The van der Waals surface area contributed by atoms with Gasteiger partial charge in [-0.25, -0.2) is 4.79 Å². The van der Waals surface area contributed by atoms with Gasteiger partial charge in [-0.2, -0.15) is 5.10 Å². The van der Waals surface area contributed by atoms with Crippen LogP contribution in [0.4, 0.5) is 10.5 Å². The molecule has 1 aliphatic rings. The van der Waals surface area contributed by atoms with Gasteiger partial charge >= 0.3 is 6.03 Å². The number of aryl methyl sites for hydroxylation is 2. The molecule has 2 amide bonds. The number of aromatic nitrogens is 3. The fraction of sp³-hybridized carbons (Fsp3) is 0.500. The van der Waals surface area contributed by atoms with Gasteiger partial charge in [0.25, 0.3) is 0 Å². The third-order valence-corrected chi connectivity index (χ3v) is 4.86. The largest absolute Gasteiger partial charge is 0.335 e. The molecule has 2 aromatic rings. The molecule has 134 valence electrons. The zero-order chi connectivity index (χ0) is 17.8. The number of pyridine rings is 1. The first-order valence-electron chi connectivity index (χ1n) is 8.74. The van der Waals surface area contributed by atoms with Gasteiger partial charge in [-0.3, -0.25) is 14.6 Å². The molecule has 0 aromatic carbocycles. The lowest BCUT2D eigenvalue weighted by atomic mass is 10.0. The summed E-state index contributed by atoms with van der Waals surface area (Å²) in [6.07, 6.45) is 7.40. The van der Waals surface area contributed by atoms with E-state index in [-0.39, 0.29) is 12.1 Å². The zero-order valence-electron chi connectivity index (χ0n) is 15.1. The topological polar surface area (TPSA) is 75.1 Å². The van der Waals surface area contributed by atoms with Crippen molar-refractivity contribution in [1.29, 1.82) is 0 Å². The Bertz CT molecular complexity index is 706. The van der Waals surface area contributed by atoms with E-state index in [0.29, 0.717) is 6.04 Å². The van der Waals surface area contributed by atoms with E-state index in [1.807, 2.05) is 32.6 Å². The first-order valence-corrected chi connectivity index (χ1v) is 8.74. The quantitative estimate of drug-likeness (QED) is 0.895. The Labute approximate surface area is 148 Å². The van der Waals surface area contributed by atoms with Crippen molar-refractivity contribution in [3.63, 3.8) is 0 Å². The second-order valence-corrected chi connectivity index (χ2v) is 6.67. The number of likely N-dealkylation sites (tertiary alicyclic amines) is 1. The van der Waals surface area contributed by atoms with Crippen molar-refractivity contribution in [2.45, 2.75) is 38.8 Å². The SMILES string of the molecule is Cc1nn(C)cc1NC(=O)NC1CCN(C(C)c2ccncc2)CC1. The predicted molar refractivity (Wildman–Crippen MR) is 97.3 cm³/mol. The van der Waals surface area contributed by atoms with Gasteiger partial charge in [-0.1, -0.05) is 0 Å². The average Bonchev–Trinajstić information content (AvgIpc) is 2.92. The Morgan fingerprint density at radius 1 is 1.28 bits per heavy atom. The van der Waals surface area contributed by atoms with Crippen LogP contribution in [0.15, 0.2) is 30.7 Å². The van der Waals surface area contributed by atoms with Crippen molar-refractivity contribution >= 4 is 11.7 Å². The van der Waals surface area contributed by atoms with Gasteiger partial charge in [0.05, 0.1) is 11.4 Å². The monoisotopic (exact) mass is 342 g/mol. The Morgan fingerprint density at radius 2 is 1.96 bits per heavy atom. The molecular weight excluding hydrogens is 316 g/mol. The maximum absolute atomic E-state index is 12.2. The molecule has 7 nitrogen and oxygen atoms in total. The highest BCUT2D eigenvalue weighted by Crippen LogP contribution is 2.23. The van der Waals surface area contributed by atoms with Crippen LogP contribution in [0.1, 0.15) is 37.1 Å². The Kier molecular flexibility index (Phi) is 5.33. The smallest absolute Gasteiger partial charge is 0.319 e. The summed E-state index contributed by atoms with van der Waals surface area (Å²) in [5.41, 5.74) is 2.86. The second-order valence-electron chi connectivity index (χ2n) is 6.67. The second kappa shape index (κ2) is 7.65. The number of nitrogens with one attached hydrogen (secondary N) is 2. The summed E-state index contributed by atoms with van der Waals surface area (Å²) in [5, 5.41) is 10.2. The van der Waals surface area contributed by atoms with E-state index in [2.05, 4.69) is 44.7 Å². The predicted octanol–water partition coefficient (Wildman–Crippen LogP) is 2.47. The van der Waals surface area contributed by atoms with Gasteiger partial charge in [-0.05, 0) is 44.4 Å². The standard InChI is InChI=1S/C18H26N6O/c1-13-17(12-23(3)22-13)21-18(25)20-16-6-10-24(11-7-16)14(2)15-4-8-19-9-5-15/h4-5,8-9,12,14,16H,6-7,10-11H2,1-3H3,(H2,20,21,25). The molecule has 3 heterocycles. The highest BCUT2D eigenvalue weighted by atomic mass is 16.2. The Morgan fingerprint density at radius 3 is 2.56 bits per heavy atom. The summed E-state index contributed by atoms with van der Waals surface area (Å²) in [5.74, 6) is 0. The minimum Gasteiger partial charge on any atom is -0.335 e. The summed E-state index contributed by atoms with van der Waals surface area (Å²) < 4.78 is 1.70. The van der Waals surface area contributed by atoms with Crippen LogP contribution in [0, 0.1) is 6.92 Å². The van der Waals surface area contributed by atoms with Crippen LogP contribution in [0.3, 0.4) is 0 Å². The molecule has 0 bridgehead atoms. The van der Waals surface area contributed by atoms with Gasteiger partial charge in [0.2, 0.25) is 0 Å². The summed E-state index contributed by atoms with van der Waals surface area (Å²) >= 11 is 0. The van der Waals surface area contributed by atoms with Crippen molar-refractivity contribution in [2.24, 2.45) is 7.05 Å². The summed E-state index contributed by atoms with van der Waals surface area (Å²) in [7, 11) is 1.84. The molecule has 3 rings (SSSR count). The van der Waals surface area contributed by atoms with E-state index in [4.69, 9.17) is 0 Å². The number of hydrogen-bond donors (Lipinski definition) is 2. The van der Waals surface area contributed by atoms with Gasteiger partial charge in [0.15, 0.2) is 0 Å². The minimum absolute atomic E-state index is 0.156. The van der Waals surface area contributed by atoms with Crippen LogP contribution >= 0.6 is 0 Å². The molecule has 2 aromatic heterocycles. The van der Waals surface area contributed by atoms with Crippen LogP contribution in [0.5, 0.6) is 0 Å². The molecule has 0 radical (unpaired) electrons. The number of carbonyl (C=O) groups is 1.